The maximum Gasteiger partial charge on any atom is 0.229 e. The van der Waals surface area contributed by atoms with Crippen LogP contribution in [0.5, 0.6) is 0 Å². The van der Waals surface area contributed by atoms with Crippen molar-refractivity contribution >= 4 is 22.2 Å². The molecule has 8 aromatic rings. The Labute approximate surface area is 246 Å². The molecular weight excluding hydrogens is 532 g/mol. The summed E-state index contributed by atoms with van der Waals surface area (Å²) in [7, 11) is 0. The highest BCUT2D eigenvalue weighted by Gasteiger charge is 2.17. The van der Waals surface area contributed by atoms with Crippen molar-refractivity contribution in [1.82, 2.24) is 29.9 Å². The van der Waals surface area contributed by atoms with Crippen LogP contribution in [-0.2, 0) is 0 Å². The van der Waals surface area contributed by atoms with Gasteiger partial charge in [-0.05, 0) is 11.6 Å². The van der Waals surface area contributed by atoms with Crippen LogP contribution in [0.15, 0.2) is 138 Å². The topological polar surface area (TPSA) is 90.5 Å². The van der Waals surface area contributed by atoms with E-state index in [9.17, 15) is 0 Å². The van der Waals surface area contributed by atoms with Crippen LogP contribution in [-0.4, -0.2) is 29.9 Å². The van der Waals surface area contributed by atoms with E-state index in [0.717, 1.165) is 44.3 Å². The van der Waals surface area contributed by atoms with Crippen molar-refractivity contribution in [1.29, 1.82) is 0 Å². The second-order valence-electron chi connectivity index (χ2n) is 10.1. The minimum atomic E-state index is 0.528. The van der Waals surface area contributed by atoms with E-state index in [2.05, 4.69) is 33.2 Å². The lowest BCUT2D eigenvalue weighted by Crippen LogP contribution is -2.00. The largest absolute Gasteiger partial charge is 0.434 e. The van der Waals surface area contributed by atoms with Crippen molar-refractivity contribution in [2.75, 3.05) is 0 Å². The monoisotopic (exact) mass is 554 g/mol. The summed E-state index contributed by atoms with van der Waals surface area (Å²) in [6.07, 6.45) is 3.39. The van der Waals surface area contributed by atoms with E-state index in [1.54, 1.807) is 6.33 Å². The first kappa shape index (κ1) is 24.7. The first-order valence-electron chi connectivity index (χ1n) is 13.9. The van der Waals surface area contributed by atoms with Crippen molar-refractivity contribution in [3.8, 4) is 56.5 Å². The van der Waals surface area contributed by atoms with Gasteiger partial charge >= 0.3 is 0 Å². The quantitative estimate of drug-likeness (QED) is 0.211. The molecule has 202 valence electrons. The van der Waals surface area contributed by atoms with Crippen molar-refractivity contribution < 1.29 is 4.42 Å². The summed E-state index contributed by atoms with van der Waals surface area (Å²) in [6.45, 7) is 0. The van der Waals surface area contributed by atoms with Gasteiger partial charge in [0.05, 0.1) is 5.39 Å². The van der Waals surface area contributed by atoms with Gasteiger partial charge in [-0.2, -0.15) is 0 Å². The second-order valence-corrected chi connectivity index (χ2v) is 10.1. The molecule has 0 radical (unpaired) electrons. The van der Waals surface area contributed by atoms with Gasteiger partial charge in [-0.1, -0.05) is 115 Å². The van der Waals surface area contributed by atoms with Crippen LogP contribution in [0.4, 0.5) is 0 Å². The van der Waals surface area contributed by atoms with Crippen LogP contribution in [0.2, 0.25) is 0 Å². The average molecular weight is 555 g/mol. The Morgan fingerprint density at radius 2 is 0.953 bits per heavy atom. The molecular formula is C36H22N6O. The molecule has 0 amide bonds. The molecule has 0 spiro atoms. The lowest BCUT2D eigenvalue weighted by molar-refractivity contribution is 0.652. The van der Waals surface area contributed by atoms with Crippen LogP contribution in [0, 0.1) is 0 Å². The SMILES string of the molecule is c1ccc(-c2cnc3oc4c(-c5ccc(-c6nc(-c7ccccc7)nc(-c7ccccc7)n6)cc5)ncnc4c3c2)cc1. The Bertz CT molecular complexity index is 2160. The molecule has 4 heterocycles. The summed E-state index contributed by atoms with van der Waals surface area (Å²) in [5, 5.41) is 0.851. The van der Waals surface area contributed by atoms with Gasteiger partial charge in [0.25, 0.3) is 0 Å². The molecule has 0 aliphatic rings. The number of pyridine rings is 1. The van der Waals surface area contributed by atoms with Gasteiger partial charge in [-0.15, -0.1) is 0 Å². The van der Waals surface area contributed by atoms with Crippen molar-refractivity contribution in [3.63, 3.8) is 0 Å². The first-order valence-corrected chi connectivity index (χ1v) is 13.9. The maximum atomic E-state index is 6.20. The van der Waals surface area contributed by atoms with Gasteiger partial charge in [0, 0.05) is 34.0 Å². The van der Waals surface area contributed by atoms with Gasteiger partial charge in [-0.3, -0.25) is 0 Å². The number of hydrogen-bond acceptors (Lipinski definition) is 7. The first-order chi connectivity index (χ1) is 21.3. The van der Waals surface area contributed by atoms with E-state index in [4.69, 9.17) is 19.4 Å². The van der Waals surface area contributed by atoms with E-state index in [-0.39, 0.29) is 0 Å². The molecule has 0 atom stereocenters. The third-order valence-corrected chi connectivity index (χ3v) is 7.33. The molecule has 4 aromatic heterocycles. The number of nitrogens with zero attached hydrogens (tertiary/aromatic N) is 6. The average Bonchev–Trinajstić information content (AvgIpc) is 3.48. The van der Waals surface area contributed by atoms with Crippen molar-refractivity contribution in [2.45, 2.75) is 0 Å². The van der Waals surface area contributed by atoms with E-state index in [1.165, 1.54) is 0 Å². The van der Waals surface area contributed by atoms with Gasteiger partial charge in [0.2, 0.25) is 5.71 Å². The van der Waals surface area contributed by atoms with Gasteiger partial charge in [0.15, 0.2) is 23.1 Å². The zero-order valence-electron chi connectivity index (χ0n) is 22.8. The second kappa shape index (κ2) is 10.4. The fourth-order valence-electron chi connectivity index (χ4n) is 5.17. The molecule has 0 fully saturated rings. The normalized spacial score (nSPS) is 11.3. The molecule has 0 N–H and O–H groups in total. The van der Waals surface area contributed by atoms with Crippen LogP contribution in [0.3, 0.4) is 0 Å². The molecule has 7 nitrogen and oxygen atoms in total. The van der Waals surface area contributed by atoms with Crippen molar-refractivity contribution in [2.24, 2.45) is 0 Å². The van der Waals surface area contributed by atoms with E-state index in [1.807, 2.05) is 109 Å². The van der Waals surface area contributed by atoms with E-state index >= 15 is 0 Å². The minimum Gasteiger partial charge on any atom is -0.434 e. The predicted molar refractivity (Wildman–Crippen MR) is 168 cm³/mol. The number of aromatic nitrogens is 6. The van der Waals surface area contributed by atoms with Gasteiger partial charge < -0.3 is 4.42 Å². The summed E-state index contributed by atoms with van der Waals surface area (Å²) >= 11 is 0. The summed E-state index contributed by atoms with van der Waals surface area (Å²) < 4.78 is 6.20. The fraction of sp³-hybridized carbons (Fsp3) is 0. The maximum absolute atomic E-state index is 6.20. The third-order valence-electron chi connectivity index (χ3n) is 7.33. The molecule has 0 aliphatic heterocycles. The molecule has 0 unspecified atom stereocenters. The van der Waals surface area contributed by atoms with Crippen LogP contribution < -0.4 is 0 Å². The smallest absolute Gasteiger partial charge is 0.229 e. The zero-order chi connectivity index (χ0) is 28.6. The molecule has 0 saturated heterocycles. The molecule has 43 heavy (non-hydrogen) atoms. The van der Waals surface area contributed by atoms with Crippen LogP contribution in [0.25, 0.3) is 78.7 Å². The molecule has 8 rings (SSSR count). The lowest BCUT2D eigenvalue weighted by Gasteiger charge is -2.09. The summed E-state index contributed by atoms with van der Waals surface area (Å²) in [5.41, 5.74) is 8.25. The molecule has 0 bridgehead atoms. The number of benzene rings is 4. The zero-order valence-corrected chi connectivity index (χ0v) is 22.8. The number of hydrogen-bond donors (Lipinski definition) is 0. The summed E-state index contributed by atoms with van der Waals surface area (Å²) in [4.78, 5) is 28.2. The number of furan rings is 1. The van der Waals surface area contributed by atoms with E-state index in [0.29, 0.717) is 34.5 Å². The number of fused-ring (bicyclic) bond motifs is 3. The molecule has 7 heteroatoms. The van der Waals surface area contributed by atoms with Crippen LogP contribution in [0.1, 0.15) is 0 Å². The highest BCUT2D eigenvalue weighted by molar-refractivity contribution is 6.06. The Morgan fingerprint density at radius 1 is 0.442 bits per heavy atom. The minimum absolute atomic E-state index is 0.528. The molecule has 0 aliphatic carbocycles. The Hall–Kier alpha value is -6.08. The van der Waals surface area contributed by atoms with Gasteiger partial charge in [0.1, 0.15) is 17.5 Å². The third kappa shape index (κ3) is 4.59. The van der Waals surface area contributed by atoms with E-state index < -0.39 is 0 Å². The summed E-state index contributed by atoms with van der Waals surface area (Å²) in [5.74, 6) is 1.83. The Balaban J connectivity index is 1.20. The molecule has 4 aromatic carbocycles. The van der Waals surface area contributed by atoms with Crippen molar-refractivity contribution in [3.05, 3.63) is 134 Å². The van der Waals surface area contributed by atoms with Gasteiger partial charge in [-0.25, -0.2) is 29.9 Å². The standard InChI is InChI=1S/C36H22N6O/c1-4-10-23(11-5-1)28-20-29-31-32(43-36(29)37-21-28)30(38-22-39-31)24-16-18-27(19-17-24)35-41-33(25-12-6-2-7-13-25)40-34(42-35)26-14-8-3-9-15-26/h1-22H. The predicted octanol–water partition coefficient (Wildman–Crippen LogP) is 8.29. The Morgan fingerprint density at radius 3 is 1.53 bits per heavy atom. The number of rotatable bonds is 5. The van der Waals surface area contributed by atoms with Crippen LogP contribution >= 0.6 is 0 Å². The summed E-state index contributed by atoms with van der Waals surface area (Å²) in [6, 6.07) is 40.1. The fourth-order valence-corrected chi connectivity index (χ4v) is 5.17. The lowest BCUT2D eigenvalue weighted by atomic mass is 10.1. The highest BCUT2D eigenvalue weighted by Crippen LogP contribution is 2.35. The Kier molecular flexibility index (Phi) is 5.97. The highest BCUT2D eigenvalue weighted by atomic mass is 16.3. The molecule has 0 saturated carbocycles.